The lowest BCUT2D eigenvalue weighted by molar-refractivity contribution is -0.150. The van der Waals surface area contributed by atoms with Gasteiger partial charge < -0.3 is 19.5 Å². The van der Waals surface area contributed by atoms with Crippen molar-refractivity contribution < 1.29 is 19.4 Å². The number of ether oxygens (including phenoxy) is 2. The van der Waals surface area contributed by atoms with Crippen LogP contribution < -0.4 is 4.74 Å². The zero-order valence-corrected chi connectivity index (χ0v) is 21.2. The van der Waals surface area contributed by atoms with Gasteiger partial charge in [0.1, 0.15) is 5.75 Å². The highest BCUT2D eigenvalue weighted by Gasteiger charge is 2.36. The molecule has 1 aromatic heterocycles. The van der Waals surface area contributed by atoms with Gasteiger partial charge in [0.2, 0.25) is 0 Å². The van der Waals surface area contributed by atoms with Crippen molar-refractivity contribution in [2.75, 3.05) is 33.9 Å². The summed E-state index contributed by atoms with van der Waals surface area (Å²) >= 11 is 0. The number of benzene rings is 2. The largest absolute Gasteiger partial charge is 0.497 e. The Morgan fingerprint density at radius 3 is 2.64 bits per heavy atom. The average molecular weight is 489 g/mol. The first-order chi connectivity index (χ1) is 17.6. The van der Waals surface area contributed by atoms with E-state index in [1.165, 1.54) is 18.2 Å². The van der Waals surface area contributed by atoms with E-state index in [1.807, 2.05) is 24.3 Å². The highest BCUT2D eigenvalue weighted by atomic mass is 16.5. The summed E-state index contributed by atoms with van der Waals surface area (Å²) in [6.45, 7) is 2.73. The van der Waals surface area contributed by atoms with Gasteiger partial charge in [-0.25, -0.2) is 0 Å². The number of fused-ring (bicyclic) bond motifs is 2. The van der Waals surface area contributed by atoms with E-state index >= 15 is 0 Å². The molecule has 0 amide bonds. The van der Waals surface area contributed by atoms with Crippen LogP contribution in [-0.4, -0.2) is 54.8 Å². The fraction of sp³-hybridized carbons (Fsp3) is 0.467. The van der Waals surface area contributed by atoms with Crippen LogP contribution in [0.25, 0.3) is 10.9 Å². The molecule has 1 saturated heterocycles. The number of aliphatic hydroxyl groups excluding tert-OH is 1. The fourth-order valence-electron chi connectivity index (χ4n) is 6.23. The molecule has 1 unspecified atom stereocenters. The Bertz CT molecular complexity index is 1190. The summed E-state index contributed by atoms with van der Waals surface area (Å²) in [7, 11) is 3.12. The number of methoxy groups -OCH3 is 2. The van der Waals surface area contributed by atoms with Crippen LogP contribution in [0.1, 0.15) is 42.1 Å². The molecule has 190 valence electrons. The number of hydrogen-bond donors (Lipinski definition) is 1. The Balaban J connectivity index is 1.22. The summed E-state index contributed by atoms with van der Waals surface area (Å²) in [6, 6.07) is 16.3. The van der Waals surface area contributed by atoms with Gasteiger partial charge in [-0.15, -0.1) is 0 Å². The lowest BCUT2D eigenvalue weighted by Gasteiger charge is -2.38. The molecular formula is C30H36N2O4. The number of pyridine rings is 1. The minimum atomic E-state index is -0.629. The van der Waals surface area contributed by atoms with E-state index in [0.29, 0.717) is 12.3 Å². The summed E-state index contributed by atoms with van der Waals surface area (Å²) < 4.78 is 10.6. The Kier molecular flexibility index (Phi) is 7.54. The van der Waals surface area contributed by atoms with E-state index in [-0.39, 0.29) is 17.8 Å². The van der Waals surface area contributed by atoms with Crippen molar-refractivity contribution in [3.05, 3.63) is 71.4 Å². The van der Waals surface area contributed by atoms with E-state index < -0.39 is 6.10 Å². The normalized spacial score (nSPS) is 21.3. The number of carbonyl (C=O) groups excluding carboxylic acids is 1. The maximum absolute atomic E-state index is 12.8. The zero-order chi connectivity index (χ0) is 25.1. The third-order valence-corrected chi connectivity index (χ3v) is 8.15. The van der Waals surface area contributed by atoms with Crippen molar-refractivity contribution in [2.45, 2.75) is 38.2 Å². The van der Waals surface area contributed by atoms with Gasteiger partial charge in [0.25, 0.3) is 0 Å². The molecule has 2 aromatic carbocycles. The van der Waals surface area contributed by atoms with Gasteiger partial charge in [0.05, 0.1) is 31.8 Å². The molecule has 2 aliphatic rings. The van der Waals surface area contributed by atoms with Crippen molar-refractivity contribution >= 4 is 16.9 Å². The SMILES string of the molecule is COC(=O)[C@H]1CN(CC2Cc3ccccc3C2)CC[C@H]1CCC(O)c1ccnc2ccc(OC)cc12. The second-order valence-corrected chi connectivity index (χ2v) is 10.4. The van der Waals surface area contributed by atoms with Gasteiger partial charge in [0.15, 0.2) is 0 Å². The zero-order valence-electron chi connectivity index (χ0n) is 21.2. The molecule has 3 atom stereocenters. The van der Waals surface area contributed by atoms with Gasteiger partial charge in [-0.05, 0) is 91.4 Å². The molecule has 1 fully saturated rings. The van der Waals surface area contributed by atoms with Gasteiger partial charge in [-0.1, -0.05) is 24.3 Å². The molecule has 0 saturated carbocycles. The Labute approximate surface area is 213 Å². The molecule has 6 nitrogen and oxygen atoms in total. The Morgan fingerprint density at radius 2 is 1.92 bits per heavy atom. The minimum Gasteiger partial charge on any atom is -0.497 e. The number of esters is 1. The number of likely N-dealkylation sites (tertiary alicyclic amines) is 1. The second kappa shape index (κ2) is 11.0. The lowest BCUT2D eigenvalue weighted by atomic mass is 9.81. The van der Waals surface area contributed by atoms with Crippen LogP contribution in [0.5, 0.6) is 5.75 Å². The molecule has 0 radical (unpaired) electrons. The quantitative estimate of drug-likeness (QED) is 0.468. The molecule has 1 aliphatic carbocycles. The highest BCUT2D eigenvalue weighted by molar-refractivity contribution is 5.83. The Morgan fingerprint density at radius 1 is 1.14 bits per heavy atom. The van der Waals surface area contributed by atoms with Crippen LogP contribution in [0, 0.1) is 17.8 Å². The Hall–Kier alpha value is -2.96. The molecule has 3 aromatic rings. The van der Waals surface area contributed by atoms with Crippen molar-refractivity contribution in [1.29, 1.82) is 0 Å². The first-order valence-electron chi connectivity index (χ1n) is 13.0. The predicted molar refractivity (Wildman–Crippen MR) is 140 cm³/mol. The summed E-state index contributed by atoms with van der Waals surface area (Å²) in [5.41, 5.74) is 4.63. The second-order valence-electron chi connectivity index (χ2n) is 10.4. The van der Waals surface area contributed by atoms with Crippen LogP contribution >= 0.6 is 0 Å². The first-order valence-corrected chi connectivity index (χ1v) is 13.0. The number of aliphatic hydroxyl groups is 1. The van der Waals surface area contributed by atoms with E-state index in [4.69, 9.17) is 9.47 Å². The highest BCUT2D eigenvalue weighted by Crippen LogP contribution is 2.35. The van der Waals surface area contributed by atoms with Gasteiger partial charge in [-0.3, -0.25) is 9.78 Å². The first kappa shape index (κ1) is 24.7. The summed E-state index contributed by atoms with van der Waals surface area (Å²) in [4.78, 5) is 19.6. The van der Waals surface area contributed by atoms with Crippen molar-refractivity contribution in [3.8, 4) is 5.75 Å². The fourth-order valence-corrected chi connectivity index (χ4v) is 6.23. The van der Waals surface area contributed by atoms with Gasteiger partial charge in [-0.2, -0.15) is 0 Å². The van der Waals surface area contributed by atoms with E-state index in [1.54, 1.807) is 13.3 Å². The number of carbonyl (C=O) groups is 1. The van der Waals surface area contributed by atoms with Crippen LogP contribution in [0.3, 0.4) is 0 Å². The molecule has 1 aliphatic heterocycles. The van der Waals surface area contributed by atoms with Crippen molar-refractivity contribution in [3.63, 3.8) is 0 Å². The number of rotatable bonds is 8. The van der Waals surface area contributed by atoms with E-state index in [0.717, 1.165) is 67.5 Å². The monoisotopic (exact) mass is 488 g/mol. The minimum absolute atomic E-state index is 0.131. The standard InChI is InChI=1S/C30H36N2O4/c1-35-24-8-9-28-26(17-24)25(11-13-31-28)29(33)10-7-21-12-14-32(19-27(21)30(34)36-2)18-20-15-22-5-3-4-6-23(22)16-20/h3-6,8-9,11,13,17,20-21,27,29,33H,7,10,12,14-16,18-19H2,1-2H3/t21-,27+,29?/m1/s1. The van der Waals surface area contributed by atoms with E-state index in [9.17, 15) is 9.90 Å². The maximum Gasteiger partial charge on any atom is 0.310 e. The molecule has 6 heteroatoms. The van der Waals surface area contributed by atoms with Crippen LogP contribution in [0.15, 0.2) is 54.7 Å². The van der Waals surface area contributed by atoms with Crippen LogP contribution in [0.4, 0.5) is 0 Å². The smallest absolute Gasteiger partial charge is 0.310 e. The molecule has 0 bridgehead atoms. The molecule has 1 N–H and O–H groups in total. The lowest BCUT2D eigenvalue weighted by Crippen LogP contribution is -2.46. The average Bonchev–Trinajstić information content (AvgIpc) is 3.33. The van der Waals surface area contributed by atoms with Gasteiger partial charge >= 0.3 is 5.97 Å². The molecule has 36 heavy (non-hydrogen) atoms. The number of hydrogen-bond acceptors (Lipinski definition) is 6. The summed E-state index contributed by atoms with van der Waals surface area (Å²) in [6.07, 6.45) is 5.66. The maximum atomic E-state index is 12.8. The van der Waals surface area contributed by atoms with Crippen LogP contribution in [-0.2, 0) is 22.4 Å². The third kappa shape index (κ3) is 5.25. The van der Waals surface area contributed by atoms with Gasteiger partial charge in [0, 0.05) is 24.7 Å². The molecular weight excluding hydrogens is 452 g/mol. The summed E-state index contributed by atoms with van der Waals surface area (Å²) in [5, 5.41) is 12.0. The number of piperidine rings is 1. The van der Waals surface area contributed by atoms with Crippen LogP contribution in [0.2, 0.25) is 0 Å². The van der Waals surface area contributed by atoms with E-state index in [2.05, 4.69) is 34.1 Å². The molecule has 2 heterocycles. The van der Waals surface area contributed by atoms with Crippen molar-refractivity contribution in [1.82, 2.24) is 9.88 Å². The predicted octanol–water partition coefficient (Wildman–Crippen LogP) is 4.58. The molecule has 5 rings (SSSR count). The number of aromatic nitrogens is 1. The summed E-state index contributed by atoms with van der Waals surface area (Å²) in [5.74, 6) is 1.26. The number of nitrogens with zero attached hydrogens (tertiary/aromatic N) is 2. The third-order valence-electron chi connectivity index (χ3n) is 8.15. The molecule has 0 spiro atoms. The van der Waals surface area contributed by atoms with Crippen molar-refractivity contribution in [2.24, 2.45) is 17.8 Å². The topological polar surface area (TPSA) is 71.9 Å².